The predicted octanol–water partition coefficient (Wildman–Crippen LogP) is 1.36. The molecule has 1 aromatic carbocycles. The van der Waals surface area contributed by atoms with Crippen molar-refractivity contribution in [1.82, 2.24) is 0 Å². The molecule has 0 unspecified atom stereocenters. The normalized spacial score (nSPS) is 14.5. The molecule has 1 amide bonds. The van der Waals surface area contributed by atoms with Crippen molar-refractivity contribution in [3.63, 3.8) is 0 Å². The lowest BCUT2D eigenvalue weighted by Crippen LogP contribution is -2.42. The van der Waals surface area contributed by atoms with Gasteiger partial charge in [0, 0.05) is 6.42 Å². The molecule has 0 saturated heterocycles. The van der Waals surface area contributed by atoms with Gasteiger partial charge in [-0.3, -0.25) is 4.79 Å². The molecule has 0 bridgehead atoms. The third kappa shape index (κ3) is 3.45. The molecular formula is C12H11F3N2O2. The van der Waals surface area contributed by atoms with Crippen molar-refractivity contribution in [3.05, 3.63) is 34.9 Å². The van der Waals surface area contributed by atoms with E-state index in [-0.39, 0.29) is 12.0 Å². The number of aliphatic hydroxyl groups is 1. The second kappa shape index (κ2) is 4.90. The minimum absolute atomic E-state index is 0.0649. The van der Waals surface area contributed by atoms with Crippen LogP contribution in [-0.2, 0) is 17.4 Å². The molecule has 0 spiro atoms. The highest BCUT2D eigenvalue weighted by atomic mass is 19.4. The van der Waals surface area contributed by atoms with Crippen LogP contribution in [0.25, 0.3) is 0 Å². The lowest BCUT2D eigenvalue weighted by molar-refractivity contribution is -0.137. The van der Waals surface area contributed by atoms with Gasteiger partial charge < -0.3 is 10.8 Å². The lowest BCUT2D eigenvalue weighted by Gasteiger charge is -2.20. The quantitative estimate of drug-likeness (QED) is 0.870. The van der Waals surface area contributed by atoms with Crippen molar-refractivity contribution in [1.29, 1.82) is 5.26 Å². The Morgan fingerprint density at radius 1 is 1.47 bits per heavy atom. The van der Waals surface area contributed by atoms with Crippen LogP contribution in [0.4, 0.5) is 13.2 Å². The number of carbonyl (C=O) groups excluding carboxylic acids is 1. The SMILES string of the molecule is C[C@@](O)(Cc1ccc(C#N)c(C(F)(F)F)c1)C(N)=O. The zero-order valence-electron chi connectivity index (χ0n) is 9.95. The summed E-state index contributed by atoms with van der Waals surface area (Å²) in [4.78, 5) is 10.9. The van der Waals surface area contributed by atoms with Crippen LogP contribution in [0, 0.1) is 11.3 Å². The third-order valence-electron chi connectivity index (χ3n) is 2.59. The number of nitrogens with zero attached hydrogens (tertiary/aromatic N) is 1. The number of hydrogen-bond donors (Lipinski definition) is 2. The Labute approximate surface area is 107 Å². The number of alkyl halides is 3. The van der Waals surface area contributed by atoms with Crippen LogP contribution >= 0.6 is 0 Å². The van der Waals surface area contributed by atoms with E-state index in [0.29, 0.717) is 0 Å². The standard InChI is InChI=1S/C12H11F3N2O2/c1-11(19,10(17)18)5-7-2-3-8(6-16)9(4-7)12(13,14)15/h2-4,19H,5H2,1H3,(H2,17,18)/t11-/m1/s1. The summed E-state index contributed by atoms with van der Waals surface area (Å²) in [6.07, 6.45) is -5.04. The van der Waals surface area contributed by atoms with Crippen molar-refractivity contribution in [3.8, 4) is 6.07 Å². The maximum absolute atomic E-state index is 12.7. The summed E-state index contributed by atoms with van der Waals surface area (Å²) in [5.74, 6) is -1.04. The number of benzene rings is 1. The molecule has 0 aromatic heterocycles. The second-order valence-electron chi connectivity index (χ2n) is 4.30. The number of nitrogens with two attached hydrogens (primary N) is 1. The summed E-state index contributed by atoms with van der Waals surface area (Å²) in [7, 11) is 0. The minimum atomic E-state index is -4.68. The fourth-order valence-electron chi connectivity index (χ4n) is 1.52. The molecule has 0 aliphatic heterocycles. The molecule has 1 rings (SSSR count). The largest absolute Gasteiger partial charge is 0.417 e. The molecular weight excluding hydrogens is 261 g/mol. The molecule has 3 N–H and O–H groups in total. The van der Waals surface area contributed by atoms with Crippen molar-refractivity contribution in [2.45, 2.75) is 25.1 Å². The van der Waals surface area contributed by atoms with Gasteiger partial charge in [0.25, 0.3) is 0 Å². The van der Waals surface area contributed by atoms with Gasteiger partial charge >= 0.3 is 6.18 Å². The number of rotatable bonds is 3. The van der Waals surface area contributed by atoms with Crippen LogP contribution in [0.3, 0.4) is 0 Å². The average Bonchev–Trinajstić information content (AvgIpc) is 2.27. The molecule has 4 nitrogen and oxygen atoms in total. The first-order valence-electron chi connectivity index (χ1n) is 5.20. The maximum atomic E-state index is 12.7. The van der Waals surface area contributed by atoms with Crippen molar-refractivity contribution in [2.24, 2.45) is 5.73 Å². The highest BCUT2D eigenvalue weighted by molar-refractivity contribution is 5.83. The first kappa shape index (κ1) is 15.0. The molecule has 0 radical (unpaired) electrons. The van der Waals surface area contributed by atoms with Gasteiger partial charge in [0.05, 0.1) is 17.2 Å². The molecule has 1 aromatic rings. The van der Waals surface area contributed by atoms with Crippen LogP contribution in [0.5, 0.6) is 0 Å². The Morgan fingerprint density at radius 3 is 2.47 bits per heavy atom. The molecule has 102 valence electrons. The molecule has 7 heteroatoms. The van der Waals surface area contributed by atoms with Crippen molar-refractivity contribution < 1.29 is 23.1 Å². The van der Waals surface area contributed by atoms with Crippen molar-refractivity contribution >= 4 is 5.91 Å². The van der Waals surface area contributed by atoms with Gasteiger partial charge in [0.15, 0.2) is 0 Å². The second-order valence-corrected chi connectivity index (χ2v) is 4.30. The first-order chi connectivity index (χ1) is 8.58. The molecule has 0 saturated carbocycles. The van der Waals surface area contributed by atoms with E-state index in [1.54, 1.807) is 0 Å². The van der Waals surface area contributed by atoms with Crippen LogP contribution in [0.15, 0.2) is 18.2 Å². The molecule has 0 fully saturated rings. The number of primary amides is 1. The maximum Gasteiger partial charge on any atom is 0.417 e. The lowest BCUT2D eigenvalue weighted by atomic mass is 9.93. The first-order valence-corrected chi connectivity index (χ1v) is 5.20. The van der Waals surface area contributed by atoms with Crippen LogP contribution in [0.1, 0.15) is 23.6 Å². The number of halogens is 3. The summed E-state index contributed by atoms with van der Waals surface area (Å²) >= 11 is 0. The Hall–Kier alpha value is -2.07. The van der Waals surface area contributed by atoms with Crippen LogP contribution in [-0.4, -0.2) is 16.6 Å². The molecule has 0 heterocycles. The van der Waals surface area contributed by atoms with Gasteiger partial charge in [-0.2, -0.15) is 18.4 Å². The van der Waals surface area contributed by atoms with E-state index in [9.17, 15) is 23.1 Å². The van der Waals surface area contributed by atoms with E-state index in [1.165, 1.54) is 12.1 Å². The number of nitriles is 1. The Balaban J connectivity index is 3.21. The highest BCUT2D eigenvalue weighted by Gasteiger charge is 2.35. The molecule has 19 heavy (non-hydrogen) atoms. The van der Waals surface area contributed by atoms with Gasteiger partial charge in [-0.25, -0.2) is 0 Å². The number of carbonyl (C=O) groups is 1. The van der Waals surface area contributed by atoms with E-state index in [0.717, 1.165) is 19.1 Å². The molecule has 0 aliphatic rings. The smallest absolute Gasteiger partial charge is 0.380 e. The van der Waals surface area contributed by atoms with E-state index in [2.05, 4.69) is 0 Å². The summed E-state index contributed by atoms with van der Waals surface area (Å²) in [6.45, 7) is 1.11. The highest BCUT2D eigenvalue weighted by Crippen LogP contribution is 2.33. The summed E-state index contributed by atoms with van der Waals surface area (Å²) in [6, 6.07) is 4.41. The Bertz CT molecular complexity index is 545. The average molecular weight is 272 g/mol. The molecule has 1 atom stereocenters. The van der Waals surface area contributed by atoms with Crippen LogP contribution in [0.2, 0.25) is 0 Å². The predicted molar refractivity (Wildman–Crippen MR) is 59.7 cm³/mol. The van der Waals surface area contributed by atoms with E-state index >= 15 is 0 Å². The monoisotopic (exact) mass is 272 g/mol. The van der Waals surface area contributed by atoms with E-state index in [4.69, 9.17) is 11.0 Å². The number of amides is 1. The van der Waals surface area contributed by atoms with Gasteiger partial charge in [-0.15, -0.1) is 0 Å². The van der Waals surface area contributed by atoms with Gasteiger partial charge in [0.2, 0.25) is 5.91 Å². The van der Waals surface area contributed by atoms with Crippen molar-refractivity contribution in [2.75, 3.05) is 0 Å². The summed E-state index contributed by atoms with van der Waals surface area (Å²) < 4.78 is 38.1. The van der Waals surface area contributed by atoms with Gasteiger partial charge in [-0.1, -0.05) is 6.07 Å². The third-order valence-corrected chi connectivity index (χ3v) is 2.59. The number of hydrogen-bond acceptors (Lipinski definition) is 3. The fraction of sp³-hybridized carbons (Fsp3) is 0.333. The van der Waals surface area contributed by atoms with Gasteiger partial charge in [-0.05, 0) is 24.6 Å². The minimum Gasteiger partial charge on any atom is -0.380 e. The fourth-order valence-corrected chi connectivity index (χ4v) is 1.52. The Morgan fingerprint density at radius 2 is 2.05 bits per heavy atom. The topological polar surface area (TPSA) is 87.1 Å². The summed E-state index contributed by atoms with van der Waals surface area (Å²) in [5, 5.41) is 18.3. The van der Waals surface area contributed by atoms with E-state index < -0.39 is 28.8 Å². The summed E-state index contributed by atoms with van der Waals surface area (Å²) in [5.41, 5.74) is 1.43. The zero-order chi connectivity index (χ0) is 14.8. The molecule has 0 aliphatic carbocycles. The van der Waals surface area contributed by atoms with Crippen LogP contribution < -0.4 is 5.73 Å². The van der Waals surface area contributed by atoms with Gasteiger partial charge in [0.1, 0.15) is 5.60 Å². The Kier molecular flexibility index (Phi) is 3.86. The van der Waals surface area contributed by atoms with E-state index in [1.807, 2.05) is 0 Å². The zero-order valence-corrected chi connectivity index (χ0v) is 9.95.